The molecule has 8 nitrogen and oxygen atoms in total. The van der Waals surface area contributed by atoms with Gasteiger partial charge in [-0.2, -0.15) is 9.97 Å². The van der Waals surface area contributed by atoms with Crippen molar-refractivity contribution in [3.05, 3.63) is 72.1 Å². The molecule has 0 radical (unpaired) electrons. The lowest BCUT2D eigenvalue weighted by molar-refractivity contribution is -0.130. The first kappa shape index (κ1) is 21.0. The van der Waals surface area contributed by atoms with Gasteiger partial charge in [0.2, 0.25) is 17.6 Å². The van der Waals surface area contributed by atoms with Crippen LogP contribution in [-0.2, 0) is 17.6 Å². The summed E-state index contributed by atoms with van der Waals surface area (Å²) in [5.41, 5.74) is 1.56. The zero-order valence-corrected chi connectivity index (χ0v) is 17.9. The number of hydrogen-bond donors (Lipinski definition) is 0. The van der Waals surface area contributed by atoms with Crippen molar-refractivity contribution in [2.24, 2.45) is 5.92 Å². The van der Waals surface area contributed by atoms with Crippen LogP contribution in [0.3, 0.4) is 0 Å². The molecule has 168 valence electrons. The van der Waals surface area contributed by atoms with Crippen molar-refractivity contribution in [3.8, 4) is 22.8 Å². The van der Waals surface area contributed by atoms with Crippen molar-refractivity contribution in [3.63, 3.8) is 0 Å². The topological polar surface area (TPSA) is 98.2 Å². The van der Waals surface area contributed by atoms with E-state index in [1.54, 1.807) is 12.1 Å². The Labute approximate surface area is 189 Å². The fourth-order valence-corrected chi connectivity index (χ4v) is 3.96. The van der Waals surface area contributed by atoms with Crippen molar-refractivity contribution in [1.82, 2.24) is 25.2 Å². The number of halogens is 1. The third-order valence-electron chi connectivity index (χ3n) is 5.72. The van der Waals surface area contributed by atoms with Crippen molar-refractivity contribution in [1.29, 1.82) is 0 Å². The molecule has 0 N–H and O–H groups in total. The van der Waals surface area contributed by atoms with Gasteiger partial charge in [-0.05, 0) is 36.6 Å². The van der Waals surface area contributed by atoms with Crippen molar-refractivity contribution in [2.75, 3.05) is 13.1 Å². The number of nitrogens with zero attached hydrogens (tertiary/aromatic N) is 5. The molecule has 3 heterocycles. The highest BCUT2D eigenvalue weighted by Gasteiger charge is 2.28. The molecule has 4 aromatic rings. The van der Waals surface area contributed by atoms with E-state index in [1.165, 1.54) is 12.1 Å². The van der Waals surface area contributed by atoms with Gasteiger partial charge in [0, 0.05) is 43.5 Å². The van der Waals surface area contributed by atoms with Crippen molar-refractivity contribution >= 4 is 5.91 Å². The lowest BCUT2D eigenvalue weighted by atomic mass is 10.0. The van der Waals surface area contributed by atoms with Crippen LogP contribution in [0.25, 0.3) is 22.8 Å². The van der Waals surface area contributed by atoms with Crippen LogP contribution < -0.4 is 0 Å². The first-order valence-electron chi connectivity index (χ1n) is 10.9. The SMILES string of the molecule is O=C(CCc1nc(-c2ccccc2)no1)N1CCC(Cc2noc(-c3ccc(F)cc3)n2)C1. The number of carbonyl (C=O) groups excluding carboxylic acids is 1. The van der Waals surface area contributed by atoms with Crippen LogP contribution in [0.15, 0.2) is 63.6 Å². The summed E-state index contributed by atoms with van der Waals surface area (Å²) in [6, 6.07) is 15.5. The van der Waals surface area contributed by atoms with Gasteiger partial charge in [0.1, 0.15) is 5.82 Å². The van der Waals surface area contributed by atoms with Gasteiger partial charge in [-0.3, -0.25) is 4.79 Å². The third kappa shape index (κ3) is 4.97. The number of carbonyl (C=O) groups is 1. The van der Waals surface area contributed by atoms with E-state index in [9.17, 15) is 9.18 Å². The molecule has 1 aliphatic heterocycles. The second-order valence-corrected chi connectivity index (χ2v) is 8.10. The summed E-state index contributed by atoms with van der Waals surface area (Å²) >= 11 is 0. The molecule has 0 spiro atoms. The monoisotopic (exact) mass is 447 g/mol. The Morgan fingerprint density at radius 1 is 1.00 bits per heavy atom. The molecule has 33 heavy (non-hydrogen) atoms. The Hall–Kier alpha value is -3.88. The number of hydrogen-bond acceptors (Lipinski definition) is 7. The van der Waals surface area contributed by atoms with E-state index in [4.69, 9.17) is 9.05 Å². The van der Waals surface area contributed by atoms with Gasteiger partial charge in [-0.15, -0.1) is 0 Å². The molecule has 0 saturated carbocycles. The summed E-state index contributed by atoms with van der Waals surface area (Å²) in [5.74, 6) is 1.96. The quantitative estimate of drug-likeness (QED) is 0.423. The largest absolute Gasteiger partial charge is 0.342 e. The number of aromatic nitrogens is 4. The number of likely N-dealkylation sites (tertiary alicyclic amines) is 1. The number of aryl methyl sites for hydroxylation is 1. The summed E-state index contributed by atoms with van der Waals surface area (Å²) in [4.78, 5) is 23.3. The van der Waals surface area contributed by atoms with Gasteiger partial charge in [0.25, 0.3) is 5.89 Å². The van der Waals surface area contributed by atoms with E-state index in [0.29, 0.717) is 61.3 Å². The molecular formula is C24H22FN5O3. The molecule has 1 amide bonds. The van der Waals surface area contributed by atoms with Crippen LogP contribution in [-0.4, -0.2) is 44.2 Å². The van der Waals surface area contributed by atoms with Crippen molar-refractivity contribution in [2.45, 2.75) is 25.7 Å². The van der Waals surface area contributed by atoms with E-state index in [2.05, 4.69) is 20.3 Å². The van der Waals surface area contributed by atoms with Gasteiger partial charge < -0.3 is 13.9 Å². The van der Waals surface area contributed by atoms with Gasteiger partial charge in [0.15, 0.2) is 5.82 Å². The average Bonchev–Trinajstić information content (AvgIpc) is 3.60. The second-order valence-electron chi connectivity index (χ2n) is 8.10. The van der Waals surface area contributed by atoms with Crippen molar-refractivity contribution < 1.29 is 18.2 Å². The van der Waals surface area contributed by atoms with E-state index < -0.39 is 0 Å². The molecule has 1 unspecified atom stereocenters. The number of amides is 1. The molecule has 1 saturated heterocycles. The fourth-order valence-electron chi connectivity index (χ4n) is 3.96. The van der Waals surface area contributed by atoms with Gasteiger partial charge in [-0.1, -0.05) is 40.6 Å². The highest BCUT2D eigenvalue weighted by Crippen LogP contribution is 2.23. The summed E-state index contributed by atoms with van der Waals surface area (Å²) in [7, 11) is 0. The standard InChI is InChI=1S/C24H22FN5O3/c25-19-8-6-18(7-9-19)24-26-20(28-33-24)14-16-12-13-30(15-16)22(31)11-10-21-27-23(29-32-21)17-4-2-1-3-5-17/h1-9,16H,10-15H2. The van der Waals surface area contributed by atoms with E-state index in [-0.39, 0.29) is 17.6 Å². The molecule has 5 rings (SSSR count). The van der Waals surface area contributed by atoms with Gasteiger partial charge in [-0.25, -0.2) is 4.39 Å². The molecule has 1 fully saturated rings. The van der Waals surface area contributed by atoms with Crippen LogP contribution in [0, 0.1) is 11.7 Å². The van der Waals surface area contributed by atoms with Crippen LogP contribution in [0.4, 0.5) is 4.39 Å². The first-order chi connectivity index (χ1) is 16.1. The average molecular weight is 447 g/mol. The Kier molecular flexibility index (Phi) is 5.93. The third-order valence-corrected chi connectivity index (χ3v) is 5.72. The Balaban J connectivity index is 1.11. The molecule has 0 aliphatic carbocycles. The number of rotatable bonds is 7. The van der Waals surface area contributed by atoms with E-state index >= 15 is 0 Å². The lowest BCUT2D eigenvalue weighted by Gasteiger charge is -2.15. The maximum absolute atomic E-state index is 13.1. The molecule has 2 aromatic carbocycles. The predicted molar refractivity (Wildman–Crippen MR) is 116 cm³/mol. The molecule has 9 heteroatoms. The zero-order valence-electron chi connectivity index (χ0n) is 17.9. The normalized spacial score (nSPS) is 15.8. The maximum Gasteiger partial charge on any atom is 0.257 e. The summed E-state index contributed by atoms with van der Waals surface area (Å²) in [5, 5.41) is 8.04. The van der Waals surface area contributed by atoms with E-state index in [0.717, 1.165) is 12.0 Å². The van der Waals surface area contributed by atoms with Crippen LogP contribution in [0.5, 0.6) is 0 Å². The molecular weight excluding hydrogens is 425 g/mol. The predicted octanol–water partition coefficient (Wildman–Crippen LogP) is 3.95. The molecule has 0 bridgehead atoms. The Morgan fingerprint density at radius 3 is 2.64 bits per heavy atom. The summed E-state index contributed by atoms with van der Waals surface area (Å²) in [6.07, 6.45) is 2.23. The minimum absolute atomic E-state index is 0.0667. The van der Waals surface area contributed by atoms with E-state index in [1.807, 2.05) is 35.2 Å². The Morgan fingerprint density at radius 2 is 1.82 bits per heavy atom. The van der Waals surface area contributed by atoms with Gasteiger partial charge >= 0.3 is 0 Å². The highest BCUT2D eigenvalue weighted by molar-refractivity contribution is 5.76. The van der Waals surface area contributed by atoms with Crippen LogP contribution in [0.1, 0.15) is 24.6 Å². The summed E-state index contributed by atoms with van der Waals surface area (Å²) < 4.78 is 23.7. The maximum atomic E-state index is 13.1. The fraction of sp³-hybridized carbons (Fsp3) is 0.292. The smallest absolute Gasteiger partial charge is 0.257 e. The molecule has 1 aliphatic rings. The van der Waals surface area contributed by atoms with Crippen LogP contribution >= 0.6 is 0 Å². The molecule has 2 aromatic heterocycles. The lowest BCUT2D eigenvalue weighted by Crippen LogP contribution is -2.29. The molecule has 1 atom stereocenters. The minimum atomic E-state index is -0.315. The van der Waals surface area contributed by atoms with Gasteiger partial charge in [0.05, 0.1) is 0 Å². The summed E-state index contributed by atoms with van der Waals surface area (Å²) in [6.45, 7) is 1.35. The second kappa shape index (κ2) is 9.32. The number of benzene rings is 2. The zero-order chi connectivity index (χ0) is 22.6. The highest BCUT2D eigenvalue weighted by atomic mass is 19.1. The first-order valence-corrected chi connectivity index (χ1v) is 10.9. The minimum Gasteiger partial charge on any atom is -0.342 e. The Bertz CT molecular complexity index is 1220. The van der Waals surface area contributed by atoms with Crippen LogP contribution in [0.2, 0.25) is 0 Å².